The van der Waals surface area contributed by atoms with Gasteiger partial charge in [-0.25, -0.2) is 0 Å². The number of phenolic OH excluding ortho intramolecular Hbond substituents is 1. The van der Waals surface area contributed by atoms with E-state index in [9.17, 15) is 18.3 Å². The van der Waals surface area contributed by atoms with Crippen molar-refractivity contribution in [3.8, 4) is 5.75 Å². The van der Waals surface area contributed by atoms with Crippen LogP contribution in [0.3, 0.4) is 0 Å². The van der Waals surface area contributed by atoms with Crippen LogP contribution in [0.2, 0.25) is 0 Å². The minimum absolute atomic E-state index is 0.112. The van der Waals surface area contributed by atoms with E-state index in [0.717, 1.165) is 55.4 Å². The molecule has 1 saturated heterocycles. The number of hydrogen-bond acceptors (Lipinski definition) is 2. The van der Waals surface area contributed by atoms with Crippen molar-refractivity contribution in [1.29, 1.82) is 0 Å². The standard InChI is InChI=1S/C22H21F3N2O/c23-22(24,25)17-9-6-16(7-10-17)20(27-13-2-1-3-14-27)18-11-8-15-5-4-12-26-19(15)21(18)28/h4-12,20,28H,1-3,13-14H2/p+1/t20-/m1/s1. The summed E-state index contributed by atoms with van der Waals surface area (Å²) in [5, 5.41) is 11.8. The number of benzene rings is 2. The van der Waals surface area contributed by atoms with Crippen LogP contribution in [0.1, 0.15) is 42.0 Å². The number of aromatic hydroxyl groups is 1. The smallest absolute Gasteiger partial charge is 0.416 e. The van der Waals surface area contributed by atoms with Gasteiger partial charge in [0.25, 0.3) is 0 Å². The molecule has 3 aromatic rings. The minimum atomic E-state index is -4.36. The number of halogens is 3. The molecule has 1 atom stereocenters. The predicted molar refractivity (Wildman–Crippen MR) is 101 cm³/mol. The zero-order valence-electron chi connectivity index (χ0n) is 15.3. The molecule has 6 heteroatoms. The molecule has 1 aromatic heterocycles. The van der Waals surface area contributed by atoms with Crippen molar-refractivity contribution in [1.82, 2.24) is 4.98 Å². The molecule has 0 radical (unpaired) electrons. The molecule has 0 saturated carbocycles. The van der Waals surface area contributed by atoms with Gasteiger partial charge in [-0.3, -0.25) is 4.98 Å². The highest BCUT2D eigenvalue weighted by molar-refractivity contribution is 5.85. The van der Waals surface area contributed by atoms with Crippen LogP contribution in [0.4, 0.5) is 13.2 Å². The van der Waals surface area contributed by atoms with Crippen molar-refractivity contribution in [2.24, 2.45) is 0 Å². The summed E-state index contributed by atoms with van der Waals surface area (Å²) in [5.41, 5.74) is 1.35. The van der Waals surface area contributed by atoms with E-state index in [1.54, 1.807) is 6.20 Å². The van der Waals surface area contributed by atoms with Gasteiger partial charge in [-0.1, -0.05) is 24.3 Å². The number of aromatic nitrogens is 1. The quantitative estimate of drug-likeness (QED) is 0.710. The number of hydrogen-bond donors (Lipinski definition) is 2. The second-order valence-corrected chi connectivity index (χ2v) is 7.35. The van der Waals surface area contributed by atoms with Gasteiger partial charge >= 0.3 is 6.18 Å². The van der Waals surface area contributed by atoms with Gasteiger partial charge in [0, 0.05) is 17.1 Å². The molecule has 1 aliphatic heterocycles. The van der Waals surface area contributed by atoms with Gasteiger partial charge in [0.1, 0.15) is 11.6 Å². The molecule has 0 bridgehead atoms. The summed E-state index contributed by atoms with van der Waals surface area (Å²) in [4.78, 5) is 5.56. The highest BCUT2D eigenvalue weighted by atomic mass is 19.4. The number of phenols is 1. The number of quaternary nitrogens is 1. The fraction of sp³-hybridized carbons (Fsp3) is 0.318. The summed E-state index contributed by atoms with van der Waals surface area (Å²) in [6, 6.07) is 12.6. The van der Waals surface area contributed by atoms with Crippen LogP contribution >= 0.6 is 0 Å². The Labute approximate surface area is 161 Å². The highest BCUT2D eigenvalue weighted by Gasteiger charge is 2.33. The molecule has 2 aromatic carbocycles. The molecule has 3 nitrogen and oxygen atoms in total. The van der Waals surface area contributed by atoms with Crippen molar-refractivity contribution in [3.05, 3.63) is 71.4 Å². The van der Waals surface area contributed by atoms with E-state index in [0.29, 0.717) is 11.1 Å². The summed E-state index contributed by atoms with van der Waals surface area (Å²) in [5.74, 6) is 0.112. The second kappa shape index (κ2) is 7.43. The lowest BCUT2D eigenvalue weighted by Crippen LogP contribution is -3.13. The number of likely N-dealkylation sites (tertiary alicyclic amines) is 1. The van der Waals surface area contributed by atoms with Crippen LogP contribution < -0.4 is 4.90 Å². The van der Waals surface area contributed by atoms with Crippen molar-refractivity contribution in [3.63, 3.8) is 0 Å². The van der Waals surface area contributed by atoms with E-state index in [4.69, 9.17) is 0 Å². The molecule has 4 rings (SSSR count). The van der Waals surface area contributed by atoms with E-state index in [1.165, 1.54) is 17.0 Å². The number of nitrogens with zero attached hydrogens (tertiary/aromatic N) is 1. The molecule has 0 unspecified atom stereocenters. The maximum atomic E-state index is 13.0. The summed E-state index contributed by atoms with van der Waals surface area (Å²) in [7, 11) is 0. The zero-order chi connectivity index (χ0) is 19.7. The third-order valence-electron chi connectivity index (χ3n) is 5.57. The SMILES string of the molecule is Oc1c([C@@H](c2ccc(C(F)(F)F)cc2)[NH+]2CCCCC2)ccc2cccnc12. The van der Waals surface area contributed by atoms with Gasteiger partial charge in [0.05, 0.1) is 24.2 Å². The molecule has 0 amide bonds. The Morgan fingerprint density at radius 1 is 0.929 bits per heavy atom. The monoisotopic (exact) mass is 387 g/mol. The lowest BCUT2D eigenvalue weighted by Gasteiger charge is -2.32. The van der Waals surface area contributed by atoms with Crippen LogP contribution in [0.25, 0.3) is 10.9 Å². The van der Waals surface area contributed by atoms with Gasteiger partial charge in [-0.2, -0.15) is 13.2 Å². The molecule has 0 aliphatic carbocycles. The Morgan fingerprint density at radius 2 is 1.64 bits per heavy atom. The molecular formula is C22H22F3N2O+. The van der Waals surface area contributed by atoms with Gasteiger partial charge in [-0.15, -0.1) is 0 Å². The fourth-order valence-electron chi connectivity index (χ4n) is 4.17. The largest absolute Gasteiger partial charge is 0.505 e. The lowest BCUT2D eigenvalue weighted by atomic mass is 9.92. The molecular weight excluding hydrogens is 365 g/mol. The fourth-order valence-corrected chi connectivity index (χ4v) is 4.17. The molecule has 28 heavy (non-hydrogen) atoms. The van der Waals surface area contributed by atoms with E-state index >= 15 is 0 Å². The van der Waals surface area contributed by atoms with E-state index in [1.807, 2.05) is 24.3 Å². The second-order valence-electron chi connectivity index (χ2n) is 7.35. The van der Waals surface area contributed by atoms with Crippen LogP contribution in [-0.2, 0) is 6.18 Å². The van der Waals surface area contributed by atoms with Gasteiger partial charge in [0.2, 0.25) is 0 Å². The van der Waals surface area contributed by atoms with Gasteiger partial charge < -0.3 is 10.0 Å². The number of piperidine rings is 1. The molecule has 2 heterocycles. The summed E-state index contributed by atoms with van der Waals surface area (Å²) < 4.78 is 39.0. The minimum Gasteiger partial charge on any atom is -0.505 e. The Kier molecular flexibility index (Phi) is 4.98. The van der Waals surface area contributed by atoms with Crippen molar-refractivity contribution >= 4 is 10.9 Å². The van der Waals surface area contributed by atoms with Crippen LogP contribution in [0.5, 0.6) is 5.75 Å². The number of rotatable bonds is 3. The molecule has 2 N–H and O–H groups in total. The Bertz CT molecular complexity index is 964. The third kappa shape index (κ3) is 3.56. The van der Waals surface area contributed by atoms with Gasteiger partial charge in [-0.05, 0) is 43.5 Å². The van der Waals surface area contributed by atoms with Crippen molar-refractivity contribution in [2.45, 2.75) is 31.5 Å². The van der Waals surface area contributed by atoms with Gasteiger partial charge in [0.15, 0.2) is 5.75 Å². The van der Waals surface area contributed by atoms with Crippen molar-refractivity contribution < 1.29 is 23.2 Å². The average Bonchev–Trinajstić information content (AvgIpc) is 2.71. The Balaban J connectivity index is 1.81. The Morgan fingerprint density at radius 3 is 2.32 bits per heavy atom. The number of fused-ring (bicyclic) bond motifs is 1. The van der Waals surface area contributed by atoms with E-state index in [2.05, 4.69) is 4.98 Å². The van der Waals surface area contributed by atoms with Crippen LogP contribution in [0, 0.1) is 0 Å². The number of nitrogens with one attached hydrogen (secondary N) is 1. The topological polar surface area (TPSA) is 37.6 Å². The van der Waals surface area contributed by atoms with Crippen LogP contribution in [-0.4, -0.2) is 23.2 Å². The third-order valence-corrected chi connectivity index (χ3v) is 5.57. The maximum absolute atomic E-state index is 13.0. The molecule has 146 valence electrons. The van der Waals surface area contributed by atoms with E-state index < -0.39 is 11.7 Å². The summed E-state index contributed by atoms with van der Waals surface area (Å²) >= 11 is 0. The first-order valence-corrected chi connectivity index (χ1v) is 9.53. The number of alkyl halides is 3. The molecule has 1 aliphatic rings. The van der Waals surface area contributed by atoms with Crippen molar-refractivity contribution in [2.75, 3.05) is 13.1 Å². The summed E-state index contributed by atoms with van der Waals surface area (Å²) in [6.07, 6.45) is 0.570. The van der Waals surface area contributed by atoms with E-state index in [-0.39, 0.29) is 11.8 Å². The number of pyridine rings is 1. The lowest BCUT2D eigenvalue weighted by molar-refractivity contribution is -0.930. The predicted octanol–water partition coefficient (Wildman–Crippen LogP) is 4.12. The maximum Gasteiger partial charge on any atom is 0.416 e. The zero-order valence-corrected chi connectivity index (χ0v) is 15.3. The summed E-state index contributed by atoms with van der Waals surface area (Å²) in [6.45, 7) is 1.84. The molecule has 0 spiro atoms. The normalized spacial score (nSPS) is 17.0. The average molecular weight is 387 g/mol. The van der Waals surface area contributed by atoms with Crippen LogP contribution in [0.15, 0.2) is 54.7 Å². The Hall–Kier alpha value is -2.60. The first-order valence-electron chi connectivity index (χ1n) is 9.53. The first-order chi connectivity index (χ1) is 13.4. The highest BCUT2D eigenvalue weighted by Crippen LogP contribution is 2.35. The molecule has 1 fully saturated rings. The first kappa shape index (κ1) is 18.7.